The van der Waals surface area contributed by atoms with Crippen molar-refractivity contribution >= 4 is 16.8 Å². The molecule has 1 N–H and O–H groups in total. The summed E-state index contributed by atoms with van der Waals surface area (Å²) < 4.78 is 2.22. The standard InChI is InChI=1S/C27H29N5O/c1-18-13-20(19-10-11-23(29-15-19)27(33)28-2)14-24(30-18)26-9-6-12-32(26)17-21-16-31(3)25-8-5-4-7-22(21)25/h4-5,7-8,10-11,13-16,26H,6,9,12,17H2,1-3H3,(H,28,33). The summed E-state index contributed by atoms with van der Waals surface area (Å²) in [7, 11) is 3.73. The fourth-order valence-electron chi connectivity index (χ4n) is 4.98. The third-order valence-electron chi connectivity index (χ3n) is 6.59. The maximum absolute atomic E-state index is 11.8. The summed E-state index contributed by atoms with van der Waals surface area (Å²) in [6, 6.07) is 16.9. The van der Waals surface area contributed by atoms with Crippen molar-refractivity contribution in [3.05, 3.63) is 83.6 Å². The van der Waals surface area contributed by atoms with Gasteiger partial charge in [0.25, 0.3) is 5.91 Å². The second-order valence-corrected chi connectivity index (χ2v) is 8.84. The first kappa shape index (κ1) is 21.3. The fourth-order valence-corrected chi connectivity index (χ4v) is 4.98. The highest BCUT2D eigenvalue weighted by Gasteiger charge is 2.28. The molecule has 0 radical (unpaired) electrons. The highest BCUT2D eigenvalue weighted by molar-refractivity contribution is 5.92. The van der Waals surface area contributed by atoms with E-state index in [4.69, 9.17) is 4.98 Å². The molecule has 0 saturated carbocycles. The van der Waals surface area contributed by atoms with Crippen LogP contribution in [0.5, 0.6) is 0 Å². The number of hydrogen-bond acceptors (Lipinski definition) is 4. The highest BCUT2D eigenvalue weighted by Crippen LogP contribution is 2.35. The number of hydrogen-bond donors (Lipinski definition) is 1. The van der Waals surface area contributed by atoms with Crippen LogP contribution in [0.4, 0.5) is 0 Å². The quantitative estimate of drug-likeness (QED) is 0.492. The van der Waals surface area contributed by atoms with E-state index in [0.29, 0.717) is 11.7 Å². The van der Waals surface area contributed by atoms with E-state index in [1.54, 1.807) is 19.3 Å². The van der Waals surface area contributed by atoms with Crippen LogP contribution in [0.25, 0.3) is 22.0 Å². The molecule has 0 aliphatic carbocycles. The van der Waals surface area contributed by atoms with E-state index in [1.165, 1.54) is 22.9 Å². The summed E-state index contributed by atoms with van der Waals surface area (Å²) in [4.78, 5) is 23.6. The van der Waals surface area contributed by atoms with Crippen LogP contribution < -0.4 is 5.32 Å². The molecule has 6 heteroatoms. The van der Waals surface area contributed by atoms with Crippen LogP contribution in [0, 0.1) is 6.92 Å². The molecule has 5 rings (SSSR count). The fraction of sp³-hybridized carbons (Fsp3) is 0.296. The molecule has 3 aromatic heterocycles. The van der Waals surface area contributed by atoms with Gasteiger partial charge in [0.2, 0.25) is 0 Å². The predicted octanol–water partition coefficient (Wildman–Crippen LogP) is 4.64. The lowest BCUT2D eigenvalue weighted by Crippen LogP contribution is -2.23. The van der Waals surface area contributed by atoms with Gasteiger partial charge < -0.3 is 9.88 Å². The Morgan fingerprint density at radius 1 is 1.15 bits per heavy atom. The van der Waals surface area contributed by atoms with Gasteiger partial charge in [-0.2, -0.15) is 0 Å². The summed E-state index contributed by atoms with van der Waals surface area (Å²) >= 11 is 0. The topological polar surface area (TPSA) is 63.1 Å². The van der Waals surface area contributed by atoms with Crippen LogP contribution in [-0.4, -0.2) is 38.9 Å². The zero-order valence-corrected chi connectivity index (χ0v) is 19.4. The van der Waals surface area contributed by atoms with Crippen molar-refractivity contribution in [3.63, 3.8) is 0 Å². The molecule has 1 aliphatic rings. The van der Waals surface area contributed by atoms with Gasteiger partial charge in [0.1, 0.15) is 5.69 Å². The summed E-state index contributed by atoms with van der Waals surface area (Å²) in [5.41, 5.74) is 7.24. The molecule has 1 atom stereocenters. The van der Waals surface area contributed by atoms with Gasteiger partial charge in [-0.15, -0.1) is 0 Å². The van der Waals surface area contributed by atoms with Gasteiger partial charge in [-0.3, -0.25) is 19.7 Å². The average Bonchev–Trinajstić information content (AvgIpc) is 3.43. The first-order chi connectivity index (χ1) is 16.0. The number of likely N-dealkylation sites (tertiary alicyclic amines) is 1. The number of nitrogens with zero attached hydrogens (tertiary/aromatic N) is 4. The third-order valence-corrected chi connectivity index (χ3v) is 6.59. The second kappa shape index (κ2) is 8.79. The van der Waals surface area contributed by atoms with Crippen LogP contribution in [-0.2, 0) is 13.6 Å². The van der Waals surface area contributed by atoms with Crippen LogP contribution in [0.15, 0.2) is 60.9 Å². The number of para-hydroxylation sites is 1. The molecular weight excluding hydrogens is 410 g/mol. The lowest BCUT2D eigenvalue weighted by atomic mass is 10.0. The van der Waals surface area contributed by atoms with Gasteiger partial charge in [-0.05, 0) is 61.7 Å². The zero-order chi connectivity index (χ0) is 22.9. The Hall–Kier alpha value is -3.51. The second-order valence-electron chi connectivity index (χ2n) is 8.84. The Labute approximate surface area is 194 Å². The molecule has 1 aliphatic heterocycles. The third kappa shape index (κ3) is 4.14. The largest absolute Gasteiger partial charge is 0.354 e. The molecule has 0 bridgehead atoms. The first-order valence-electron chi connectivity index (χ1n) is 11.5. The molecule has 1 saturated heterocycles. The molecular formula is C27H29N5O. The Morgan fingerprint density at radius 2 is 2.00 bits per heavy atom. The molecule has 1 unspecified atom stereocenters. The number of aromatic nitrogens is 3. The van der Waals surface area contributed by atoms with Gasteiger partial charge in [0.15, 0.2) is 0 Å². The van der Waals surface area contributed by atoms with Crippen molar-refractivity contribution in [2.75, 3.05) is 13.6 Å². The lowest BCUT2D eigenvalue weighted by Gasteiger charge is -2.24. The van der Waals surface area contributed by atoms with Gasteiger partial charge in [-0.1, -0.05) is 24.3 Å². The average molecular weight is 440 g/mol. The number of rotatable bonds is 5. The molecule has 168 valence electrons. The molecule has 33 heavy (non-hydrogen) atoms. The van der Waals surface area contributed by atoms with Crippen LogP contribution >= 0.6 is 0 Å². The minimum atomic E-state index is -0.178. The summed E-state index contributed by atoms with van der Waals surface area (Å²) in [5.74, 6) is -0.178. The van der Waals surface area contributed by atoms with Crippen molar-refractivity contribution in [2.24, 2.45) is 7.05 Å². The Kier molecular flexibility index (Phi) is 5.68. The lowest BCUT2D eigenvalue weighted by molar-refractivity contribution is 0.0958. The first-order valence-corrected chi connectivity index (χ1v) is 11.5. The highest BCUT2D eigenvalue weighted by atomic mass is 16.1. The SMILES string of the molecule is CNC(=O)c1ccc(-c2cc(C)nc(C3CCCN3Cc3cn(C)c4ccccc34)c2)cn1. The van der Waals surface area contributed by atoms with Crippen molar-refractivity contribution in [3.8, 4) is 11.1 Å². The Morgan fingerprint density at radius 3 is 2.79 bits per heavy atom. The maximum Gasteiger partial charge on any atom is 0.269 e. The Balaban J connectivity index is 1.43. The number of benzene rings is 1. The molecule has 1 amide bonds. The van der Waals surface area contributed by atoms with Crippen LogP contribution in [0.2, 0.25) is 0 Å². The van der Waals surface area contributed by atoms with Gasteiger partial charge >= 0.3 is 0 Å². The number of nitrogens with one attached hydrogen (secondary N) is 1. The van der Waals surface area contributed by atoms with E-state index >= 15 is 0 Å². The number of carbonyl (C=O) groups excluding carboxylic acids is 1. The van der Waals surface area contributed by atoms with E-state index in [0.717, 1.165) is 42.0 Å². The van der Waals surface area contributed by atoms with E-state index in [2.05, 4.69) is 69.4 Å². The smallest absolute Gasteiger partial charge is 0.269 e. The molecule has 4 aromatic rings. The minimum absolute atomic E-state index is 0.178. The predicted molar refractivity (Wildman–Crippen MR) is 131 cm³/mol. The number of aryl methyl sites for hydroxylation is 2. The zero-order valence-electron chi connectivity index (χ0n) is 19.4. The van der Waals surface area contributed by atoms with E-state index in [9.17, 15) is 4.79 Å². The number of carbonyl (C=O) groups is 1. The van der Waals surface area contributed by atoms with Crippen molar-refractivity contribution < 1.29 is 4.79 Å². The van der Waals surface area contributed by atoms with Crippen molar-refractivity contribution in [1.82, 2.24) is 24.8 Å². The van der Waals surface area contributed by atoms with Crippen LogP contribution in [0.1, 0.15) is 46.3 Å². The normalized spacial score (nSPS) is 16.4. The van der Waals surface area contributed by atoms with Crippen molar-refractivity contribution in [2.45, 2.75) is 32.4 Å². The maximum atomic E-state index is 11.8. The van der Waals surface area contributed by atoms with E-state index < -0.39 is 0 Å². The number of fused-ring (bicyclic) bond motifs is 1. The minimum Gasteiger partial charge on any atom is -0.354 e. The molecule has 1 aromatic carbocycles. The molecule has 4 heterocycles. The van der Waals surface area contributed by atoms with E-state index in [-0.39, 0.29) is 5.91 Å². The summed E-state index contributed by atoms with van der Waals surface area (Å²) in [5, 5.41) is 3.94. The van der Waals surface area contributed by atoms with Crippen LogP contribution in [0.3, 0.4) is 0 Å². The van der Waals surface area contributed by atoms with Crippen molar-refractivity contribution in [1.29, 1.82) is 0 Å². The summed E-state index contributed by atoms with van der Waals surface area (Å²) in [6.07, 6.45) is 6.30. The van der Waals surface area contributed by atoms with Gasteiger partial charge in [-0.25, -0.2) is 0 Å². The number of amides is 1. The number of pyridine rings is 2. The van der Waals surface area contributed by atoms with Gasteiger partial charge in [0, 0.05) is 55.2 Å². The van der Waals surface area contributed by atoms with Gasteiger partial charge in [0.05, 0.1) is 11.7 Å². The Bertz CT molecular complexity index is 1310. The van der Waals surface area contributed by atoms with E-state index in [1.807, 2.05) is 13.0 Å². The monoisotopic (exact) mass is 439 g/mol. The molecule has 6 nitrogen and oxygen atoms in total. The summed E-state index contributed by atoms with van der Waals surface area (Å²) in [6.45, 7) is 4.03. The molecule has 1 fully saturated rings. The molecule has 0 spiro atoms.